The van der Waals surface area contributed by atoms with Crippen LogP contribution in [0.1, 0.15) is 51.6 Å². The second-order valence-electron chi connectivity index (χ2n) is 8.86. The van der Waals surface area contributed by atoms with E-state index in [1.807, 2.05) is 0 Å². The molecule has 11 N–H and O–H groups in total. The molecule has 0 aliphatic carbocycles. The van der Waals surface area contributed by atoms with Crippen LogP contribution in [0.5, 0.6) is 0 Å². The van der Waals surface area contributed by atoms with Gasteiger partial charge in [0, 0.05) is 24.7 Å². The number of nitrogens with one attached hydrogen (secondary N) is 4. The standard InChI is InChI=1S/C22H38N8O6/c1-12(2)18(25)21(34)28-14(5-3-4-8-23)19(32)30-16(9-13-10-26-11-27-13)20(33)29-15(22(35)36)6-7-17(24)31/h10-12,14-16,18H,3-9,23,25H2,1-2H3,(H2,24,31)(H,26,27)(H,28,34)(H,29,33)(H,30,32)(H,35,36). The van der Waals surface area contributed by atoms with Crippen molar-refractivity contribution in [1.82, 2.24) is 25.9 Å². The van der Waals surface area contributed by atoms with E-state index in [1.54, 1.807) is 13.8 Å². The lowest BCUT2D eigenvalue weighted by Crippen LogP contribution is -2.58. The summed E-state index contributed by atoms with van der Waals surface area (Å²) in [6, 6.07) is -4.42. The summed E-state index contributed by atoms with van der Waals surface area (Å²) in [6.45, 7) is 3.95. The summed E-state index contributed by atoms with van der Waals surface area (Å²) in [6.07, 6.45) is 3.76. The Labute approximate surface area is 209 Å². The summed E-state index contributed by atoms with van der Waals surface area (Å²) in [5.41, 5.74) is 17.0. The second kappa shape index (κ2) is 15.5. The molecule has 1 rings (SSSR count). The Bertz CT molecular complexity index is 876. The lowest BCUT2D eigenvalue weighted by Gasteiger charge is -2.25. The van der Waals surface area contributed by atoms with Gasteiger partial charge >= 0.3 is 5.97 Å². The fourth-order valence-corrected chi connectivity index (χ4v) is 3.25. The van der Waals surface area contributed by atoms with Crippen LogP contribution in [0.15, 0.2) is 12.5 Å². The predicted molar refractivity (Wildman–Crippen MR) is 130 cm³/mol. The molecule has 1 heterocycles. The zero-order chi connectivity index (χ0) is 27.3. The minimum absolute atomic E-state index is 0.0330. The highest BCUT2D eigenvalue weighted by molar-refractivity contribution is 5.94. The number of nitrogens with two attached hydrogens (primary N) is 3. The molecule has 36 heavy (non-hydrogen) atoms. The first-order valence-corrected chi connectivity index (χ1v) is 11.8. The third kappa shape index (κ3) is 10.8. The number of unbranched alkanes of at least 4 members (excludes halogenated alkanes) is 1. The van der Waals surface area contributed by atoms with Gasteiger partial charge in [-0.15, -0.1) is 0 Å². The van der Waals surface area contributed by atoms with Crippen molar-refractivity contribution in [2.75, 3.05) is 6.54 Å². The number of rotatable bonds is 17. The second-order valence-corrected chi connectivity index (χ2v) is 8.86. The molecule has 4 atom stereocenters. The number of aromatic amines is 1. The lowest BCUT2D eigenvalue weighted by atomic mass is 10.0. The zero-order valence-corrected chi connectivity index (χ0v) is 20.7. The number of imidazole rings is 1. The van der Waals surface area contributed by atoms with Crippen LogP contribution in [0.3, 0.4) is 0 Å². The van der Waals surface area contributed by atoms with Gasteiger partial charge in [0.1, 0.15) is 18.1 Å². The highest BCUT2D eigenvalue weighted by atomic mass is 16.4. The average molecular weight is 511 g/mol. The van der Waals surface area contributed by atoms with Gasteiger partial charge in [0.15, 0.2) is 0 Å². The molecule has 0 fully saturated rings. The molecule has 1 aromatic heterocycles. The van der Waals surface area contributed by atoms with Gasteiger partial charge in [-0.1, -0.05) is 13.8 Å². The lowest BCUT2D eigenvalue weighted by molar-refractivity contribution is -0.142. The van der Waals surface area contributed by atoms with Crippen LogP contribution in [0.4, 0.5) is 0 Å². The van der Waals surface area contributed by atoms with E-state index < -0.39 is 53.8 Å². The van der Waals surface area contributed by atoms with Gasteiger partial charge in [0.05, 0.1) is 12.4 Å². The number of carboxylic acid groups (broad SMARTS) is 1. The van der Waals surface area contributed by atoms with Gasteiger partial charge in [-0.3, -0.25) is 19.2 Å². The molecule has 202 valence electrons. The Balaban J connectivity index is 3.06. The van der Waals surface area contributed by atoms with E-state index in [4.69, 9.17) is 17.2 Å². The molecule has 0 aliphatic rings. The third-order valence-corrected chi connectivity index (χ3v) is 5.51. The van der Waals surface area contributed by atoms with Crippen molar-refractivity contribution in [3.05, 3.63) is 18.2 Å². The summed E-state index contributed by atoms with van der Waals surface area (Å²) in [5.74, 6) is -4.17. The first-order chi connectivity index (χ1) is 17.0. The Kier molecular flexibility index (Phi) is 13.1. The largest absolute Gasteiger partial charge is 0.480 e. The number of H-pyrrole nitrogens is 1. The van der Waals surface area contributed by atoms with Crippen LogP contribution in [-0.2, 0) is 30.4 Å². The highest BCUT2D eigenvalue weighted by Gasteiger charge is 2.31. The molecule has 14 heteroatoms. The molecule has 1 aromatic rings. The van der Waals surface area contributed by atoms with Gasteiger partial charge < -0.3 is 43.2 Å². The van der Waals surface area contributed by atoms with Crippen LogP contribution in [0, 0.1) is 5.92 Å². The number of carbonyl (C=O) groups is 5. The summed E-state index contributed by atoms with van der Waals surface area (Å²) in [7, 11) is 0. The molecule has 0 saturated carbocycles. The Morgan fingerprint density at radius 2 is 1.58 bits per heavy atom. The number of hydrogen-bond donors (Lipinski definition) is 8. The monoisotopic (exact) mass is 510 g/mol. The molecule has 0 radical (unpaired) electrons. The summed E-state index contributed by atoms with van der Waals surface area (Å²) < 4.78 is 0. The number of amides is 4. The molecule has 0 spiro atoms. The SMILES string of the molecule is CC(C)C(N)C(=O)NC(CCCCN)C(=O)NC(Cc1cnc[nH]1)C(=O)NC(CCC(N)=O)C(=O)O. The quantitative estimate of drug-likeness (QED) is 0.106. The van der Waals surface area contributed by atoms with E-state index in [0.29, 0.717) is 25.1 Å². The summed E-state index contributed by atoms with van der Waals surface area (Å²) >= 11 is 0. The van der Waals surface area contributed by atoms with E-state index in [2.05, 4.69) is 25.9 Å². The van der Waals surface area contributed by atoms with E-state index in [9.17, 15) is 29.1 Å². The number of aliphatic carboxylic acids is 1. The van der Waals surface area contributed by atoms with Crippen molar-refractivity contribution in [3.8, 4) is 0 Å². The van der Waals surface area contributed by atoms with Crippen LogP contribution in [-0.4, -0.2) is 75.4 Å². The first kappa shape index (κ1) is 30.5. The fourth-order valence-electron chi connectivity index (χ4n) is 3.25. The first-order valence-electron chi connectivity index (χ1n) is 11.8. The average Bonchev–Trinajstić information content (AvgIpc) is 3.32. The maximum absolute atomic E-state index is 13.2. The minimum Gasteiger partial charge on any atom is -0.480 e. The zero-order valence-electron chi connectivity index (χ0n) is 20.7. The van der Waals surface area contributed by atoms with Crippen molar-refractivity contribution in [3.63, 3.8) is 0 Å². The number of nitrogens with zero attached hydrogens (tertiary/aromatic N) is 1. The Hall–Kier alpha value is -3.52. The van der Waals surface area contributed by atoms with E-state index in [1.165, 1.54) is 12.5 Å². The molecule has 4 amide bonds. The van der Waals surface area contributed by atoms with E-state index in [-0.39, 0.29) is 31.6 Å². The van der Waals surface area contributed by atoms with Gasteiger partial charge in [-0.05, 0) is 38.1 Å². The van der Waals surface area contributed by atoms with Gasteiger partial charge in [-0.2, -0.15) is 0 Å². The van der Waals surface area contributed by atoms with Crippen molar-refractivity contribution >= 4 is 29.6 Å². The van der Waals surface area contributed by atoms with Crippen molar-refractivity contribution < 1.29 is 29.1 Å². The molecule has 0 aliphatic heterocycles. The molecule has 14 nitrogen and oxygen atoms in total. The van der Waals surface area contributed by atoms with Crippen LogP contribution >= 0.6 is 0 Å². The van der Waals surface area contributed by atoms with Gasteiger partial charge in [-0.25, -0.2) is 9.78 Å². The van der Waals surface area contributed by atoms with Crippen LogP contribution in [0.25, 0.3) is 0 Å². The maximum Gasteiger partial charge on any atom is 0.326 e. The normalized spacial score (nSPS) is 14.4. The molecule has 0 bridgehead atoms. The van der Waals surface area contributed by atoms with E-state index in [0.717, 1.165) is 0 Å². The van der Waals surface area contributed by atoms with Crippen molar-refractivity contribution in [2.24, 2.45) is 23.1 Å². The highest BCUT2D eigenvalue weighted by Crippen LogP contribution is 2.07. The van der Waals surface area contributed by atoms with Gasteiger partial charge in [0.2, 0.25) is 23.6 Å². The van der Waals surface area contributed by atoms with Crippen molar-refractivity contribution in [1.29, 1.82) is 0 Å². The number of carboxylic acids is 1. The number of hydrogen-bond acceptors (Lipinski definition) is 8. The summed E-state index contributed by atoms with van der Waals surface area (Å²) in [4.78, 5) is 68.0. The number of aromatic nitrogens is 2. The number of primary amides is 1. The smallest absolute Gasteiger partial charge is 0.326 e. The van der Waals surface area contributed by atoms with Crippen molar-refractivity contribution in [2.45, 2.75) is 76.5 Å². The fraction of sp³-hybridized carbons (Fsp3) is 0.636. The third-order valence-electron chi connectivity index (χ3n) is 5.51. The van der Waals surface area contributed by atoms with Crippen LogP contribution in [0.2, 0.25) is 0 Å². The Morgan fingerprint density at radius 3 is 2.11 bits per heavy atom. The maximum atomic E-state index is 13.2. The molecular formula is C22H38N8O6. The Morgan fingerprint density at radius 1 is 0.972 bits per heavy atom. The van der Waals surface area contributed by atoms with E-state index >= 15 is 0 Å². The number of carbonyl (C=O) groups excluding carboxylic acids is 4. The van der Waals surface area contributed by atoms with Crippen LogP contribution < -0.4 is 33.2 Å². The molecule has 0 saturated heterocycles. The minimum atomic E-state index is -1.39. The predicted octanol–water partition coefficient (Wildman–Crippen LogP) is -2.13. The molecule has 4 unspecified atom stereocenters. The summed E-state index contributed by atoms with van der Waals surface area (Å²) in [5, 5.41) is 17.0. The molecule has 0 aromatic carbocycles. The van der Waals surface area contributed by atoms with Gasteiger partial charge in [0.25, 0.3) is 0 Å². The molecular weight excluding hydrogens is 472 g/mol. The topological polar surface area (TPSA) is 248 Å².